The van der Waals surface area contributed by atoms with Crippen molar-refractivity contribution in [2.24, 2.45) is 0 Å². The predicted octanol–water partition coefficient (Wildman–Crippen LogP) is 2.69. The number of carbonyl (C=O) groups is 1. The summed E-state index contributed by atoms with van der Waals surface area (Å²) in [6.07, 6.45) is 2.08. The standard InChI is InChI=1S/C18H20N4O2/c1-12(2)22-14-7-4-3-6-13(14)21-16(22)9-11-20-18(24)17-15(23)8-5-10-19-17/h3-8,10,12,23H,9,11H2,1-2H3,(H,20,24). The van der Waals surface area contributed by atoms with Gasteiger partial charge in [-0.1, -0.05) is 12.1 Å². The van der Waals surface area contributed by atoms with Crippen LogP contribution in [0.15, 0.2) is 42.6 Å². The molecule has 1 amide bonds. The van der Waals surface area contributed by atoms with Crippen LogP contribution < -0.4 is 5.32 Å². The molecule has 1 aromatic carbocycles. The quantitative estimate of drug-likeness (QED) is 0.756. The molecular formula is C18H20N4O2. The Kier molecular flexibility index (Phi) is 4.46. The zero-order valence-electron chi connectivity index (χ0n) is 13.7. The molecule has 0 saturated heterocycles. The monoisotopic (exact) mass is 324 g/mol. The largest absolute Gasteiger partial charge is 0.505 e. The zero-order valence-corrected chi connectivity index (χ0v) is 13.7. The van der Waals surface area contributed by atoms with E-state index >= 15 is 0 Å². The lowest BCUT2D eigenvalue weighted by Crippen LogP contribution is -2.27. The van der Waals surface area contributed by atoms with Crippen molar-refractivity contribution < 1.29 is 9.90 Å². The summed E-state index contributed by atoms with van der Waals surface area (Å²) in [4.78, 5) is 20.7. The summed E-state index contributed by atoms with van der Waals surface area (Å²) in [5.74, 6) is 0.418. The van der Waals surface area contributed by atoms with Gasteiger partial charge in [0.15, 0.2) is 5.69 Å². The number of carbonyl (C=O) groups excluding carboxylic acids is 1. The van der Waals surface area contributed by atoms with Crippen LogP contribution in [0.3, 0.4) is 0 Å². The third-order valence-corrected chi connectivity index (χ3v) is 3.82. The molecule has 124 valence electrons. The molecule has 6 heteroatoms. The van der Waals surface area contributed by atoms with Gasteiger partial charge >= 0.3 is 0 Å². The van der Waals surface area contributed by atoms with Crippen LogP contribution in [-0.4, -0.2) is 32.1 Å². The Morgan fingerprint density at radius 3 is 2.79 bits per heavy atom. The van der Waals surface area contributed by atoms with Crippen molar-refractivity contribution in [3.8, 4) is 5.75 Å². The maximum absolute atomic E-state index is 12.1. The molecule has 24 heavy (non-hydrogen) atoms. The third kappa shape index (κ3) is 3.08. The Labute approximate surface area is 140 Å². The second-order valence-corrected chi connectivity index (χ2v) is 5.86. The van der Waals surface area contributed by atoms with E-state index in [1.807, 2.05) is 18.2 Å². The van der Waals surface area contributed by atoms with Crippen LogP contribution in [0.1, 0.15) is 36.2 Å². The molecule has 2 aromatic heterocycles. The summed E-state index contributed by atoms with van der Waals surface area (Å²) in [5.41, 5.74) is 2.08. The maximum atomic E-state index is 12.1. The lowest BCUT2D eigenvalue weighted by Gasteiger charge is -2.13. The second kappa shape index (κ2) is 6.70. The molecule has 2 N–H and O–H groups in total. The first-order chi connectivity index (χ1) is 11.6. The Hall–Kier alpha value is -2.89. The van der Waals surface area contributed by atoms with E-state index < -0.39 is 0 Å². The number of aromatic hydroxyl groups is 1. The van der Waals surface area contributed by atoms with E-state index in [2.05, 4.69) is 39.8 Å². The molecule has 0 spiro atoms. The SMILES string of the molecule is CC(C)n1c(CCNC(=O)c2ncccc2O)nc2ccccc21. The van der Waals surface area contributed by atoms with Gasteiger partial charge in [-0.3, -0.25) is 4.79 Å². The summed E-state index contributed by atoms with van der Waals surface area (Å²) >= 11 is 0. The molecule has 3 aromatic rings. The summed E-state index contributed by atoms with van der Waals surface area (Å²) in [7, 11) is 0. The predicted molar refractivity (Wildman–Crippen MR) is 92.1 cm³/mol. The summed E-state index contributed by atoms with van der Waals surface area (Å²) in [5, 5.41) is 12.5. The Bertz CT molecular complexity index is 870. The van der Waals surface area contributed by atoms with Crippen LogP contribution in [0.25, 0.3) is 11.0 Å². The number of nitrogens with one attached hydrogen (secondary N) is 1. The minimum Gasteiger partial charge on any atom is -0.505 e. The van der Waals surface area contributed by atoms with Gasteiger partial charge < -0.3 is 15.0 Å². The average Bonchev–Trinajstić information content (AvgIpc) is 2.93. The lowest BCUT2D eigenvalue weighted by molar-refractivity contribution is 0.0946. The molecule has 6 nitrogen and oxygen atoms in total. The topological polar surface area (TPSA) is 80.0 Å². The number of nitrogens with zero attached hydrogens (tertiary/aromatic N) is 3. The Morgan fingerprint density at radius 2 is 2.04 bits per heavy atom. The third-order valence-electron chi connectivity index (χ3n) is 3.82. The van der Waals surface area contributed by atoms with E-state index in [0.717, 1.165) is 16.9 Å². The molecule has 0 atom stereocenters. The first-order valence-corrected chi connectivity index (χ1v) is 7.96. The first-order valence-electron chi connectivity index (χ1n) is 7.96. The highest BCUT2D eigenvalue weighted by Gasteiger charge is 2.15. The van der Waals surface area contributed by atoms with Crippen molar-refractivity contribution in [3.63, 3.8) is 0 Å². The van der Waals surface area contributed by atoms with E-state index in [1.165, 1.54) is 12.3 Å². The molecule has 0 aliphatic heterocycles. The van der Waals surface area contributed by atoms with Gasteiger partial charge in [-0.05, 0) is 38.1 Å². The summed E-state index contributed by atoms with van der Waals surface area (Å²) in [6.45, 7) is 4.65. The van der Waals surface area contributed by atoms with Crippen LogP contribution in [0, 0.1) is 0 Å². The normalized spacial score (nSPS) is 11.1. The van der Waals surface area contributed by atoms with E-state index in [0.29, 0.717) is 13.0 Å². The van der Waals surface area contributed by atoms with Gasteiger partial charge in [0.1, 0.15) is 11.6 Å². The van der Waals surface area contributed by atoms with E-state index in [4.69, 9.17) is 0 Å². The lowest BCUT2D eigenvalue weighted by atomic mass is 10.3. The molecule has 3 rings (SSSR count). The van der Waals surface area contributed by atoms with Crippen molar-refractivity contribution in [2.75, 3.05) is 6.54 Å². The number of rotatable bonds is 5. The molecule has 0 aliphatic rings. The van der Waals surface area contributed by atoms with Gasteiger partial charge in [-0.2, -0.15) is 0 Å². The van der Waals surface area contributed by atoms with Gasteiger partial charge in [0.2, 0.25) is 0 Å². The minimum atomic E-state index is -0.389. The number of fused-ring (bicyclic) bond motifs is 1. The van der Waals surface area contributed by atoms with Crippen LogP contribution in [-0.2, 0) is 6.42 Å². The van der Waals surface area contributed by atoms with Gasteiger partial charge in [-0.15, -0.1) is 0 Å². The van der Waals surface area contributed by atoms with E-state index in [-0.39, 0.29) is 23.4 Å². The number of hydrogen-bond donors (Lipinski definition) is 2. The van der Waals surface area contributed by atoms with Crippen molar-refractivity contribution in [1.29, 1.82) is 0 Å². The fraction of sp³-hybridized carbons (Fsp3) is 0.278. The van der Waals surface area contributed by atoms with E-state index in [9.17, 15) is 9.90 Å². The molecule has 0 aliphatic carbocycles. The Balaban J connectivity index is 1.73. The summed E-state index contributed by atoms with van der Waals surface area (Å²) in [6, 6.07) is 11.3. The average molecular weight is 324 g/mol. The molecule has 2 heterocycles. The number of benzene rings is 1. The molecule has 0 fully saturated rings. The minimum absolute atomic E-state index is 0.0369. The van der Waals surface area contributed by atoms with Gasteiger partial charge in [0.25, 0.3) is 5.91 Å². The molecular weight excluding hydrogens is 304 g/mol. The van der Waals surface area contributed by atoms with Crippen LogP contribution in [0.5, 0.6) is 5.75 Å². The first kappa shape index (κ1) is 16.0. The maximum Gasteiger partial charge on any atom is 0.273 e. The number of hydrogen-bond acceptors (Lipinski definition) is 4. The number of amides is 1. The van der Waals surface area contributed by atoms with Crippen molar-refractivity contribution in [2.45, 2.75) is 26.3 Å². The van der Waals surface area contributed by atoms with Crippen LogP contribution in [0.2, 0.25) is 0 Å². The van der Waals surface area contributed by atoms with Gasteiger partial charge in [0.05, 0.1) is 11.0 Å². The van der Waals surface area contributed by atoms with Crippen molar-refractivity contribution >= 4 is 16.9 Å². The van der Waals surface area contributed by atoms with Gasteiger partial charge in [-0.25, -0.2) is 9.97 Å². The smallest absolute Gasteiger partial charge is 0.273 e. The number of aromatic nitrogens is 3. The highest BCUT2D eigenvalue weighted by molar-refractivity contribution is 5.94. The molecule has 0 saturated carbocycles. The Morgan fingerprint density at radius 1 is 1.25 bits per heavy atom. The van der Waals surface area contributed by atoms with Crippen LogP contribution in [0.4, 0.5) is 0 Å². The second-order valence-electron chi connectivity index (χ2n) is 5.86. The number of imidazole rings is 1. The fourth-order valence-corrected chi connectivity index (χ4v) is 2.79. The van der Waals surface area contributed by atoms with Crippen molar-refractivity contribution in [3.05, 3.63) is 54.1 Å². The highest BCUT2D eigenvalue weighted by Crippen LogP contribution is 2.21. The van der Waals surface area contributed by atoms with Gasteiger partial charge in [0, 0.05) is 25.2 Å². The molecule has 0 unspecified atom stereocenters. The molecule has 0 bridgehead atoms. The number of para-hydroxylation sites is 2. The van der Waals surface area contributed by atoms with Crippen molar-refractivity contribution in [1.82, 2.24) is 19.9 Å². The highest BCUT2D eigenvalue weighted by atomic mass is 16.3. The summed E-state index contributed by atoms with van der Waals surface area (Å²) < 4.78 is 2.18. The van der Waals surface area contributed by atoms with Crippen LogP contribution >= 0.6 is 0 Å². The van der Waals surface area contributed by atoms with E-state index in [1.54, 1.807) is 6.07 Å². The fourth-order valence-electron chi connectivity index (χ4n) is 2.79. The molecule has 0 radical (unpaired) electrons. The zero-order chi connectivity index (χ0) is 17.1. The number of pyridine rings is 1.